The maximum absolute atomic E-state index is 4.56. The summed E-state index contributed by atoms with van der Waals surface area (Å²) in [6.07, 6.45) is 6.18. The number of hydrogen-bond acceptors (Lipinski definition) is 4. The lowest BCUT2D eigenvalue weighted by Gasteiger charge is -2.32. The Balaban J connectivity index is 2.10. The molecule has 112 valence electrons. The first-order chi connectivity index (χ1) is 9.58. The zero-order valence-electron chi connectivity index (χ0n) is 13.3. The van der Waals surface area contributed by atoms with Crippen LogP contribution in [0.15, 0.2) is 12.4 Å². The van der Waals surface area contributed by atoms with Gasteiger partial charge in [0, 0.05) is 31.5 Å². The molecule has 0 spiro atoms. The Morgan fingerprint density at radius 2 is 2.05 bits per heavy atom. The van der Waals surface area contributed by atoms with Gasteiger partial charge in [-0.05, 0) is 39.2 Å². The Bertz CT molecular complexity index is 413. The van der Waals surface area contributed by atoms with Gasteiger partial charge in [0.1, 0.15) is 0 Å². The molecule has 0 amide bonds. The first-order valence-electron chi connectivity index (χ1n) is 7.83. The van der Waals surface area contributed by atoms with Crippen molar-refractivity contribution < 1.29 is 0 Å². The molecule has 2 atom stereocenters. The molecule has 1 aliphatic rings. The normalized spacial score (nSPS) is 20.8. The van der Waals surface area contributed by atoms with Crippen LogP contribution in [-0.4, -0.2) is 40.5 Å². The molecule has 2 rings (SSSR count). The minimum absolute atomic E-state index is 0.327. The monoisotopic (exact) mass is 276 g/mol. The average Bonchev–Trinajstić information content (AvgIpc) is 2.90. The van der Waals surface area contributed by atoms with Gasteiger partial charge >= 0.3 is 0 Å². The van der Waals surface area contributed by atoms with E-state index in [1.807, 2.05) is 0 Å². The number of nitrogens with zero attached hydrogens (tertiary/aromatic N) is 3. The summed E-state index contributed by atoms with van der Waals surface area (Å²) >= 11 is 0. The lowest BCUT2D eigenvalue weighted by atomic mass is 10.1. The van der Waals surface area contributed by atoms with Crippen molar-refractivity contribution >= 4 is 0 Å². The molecular formula is C16H28N4. The molecule has 20 heavy (non-hydrogen) atoms. The standard InChI is InChI=1S/C16H28N4/c1-12(2)10-20(11-15-6-5-7-18-15)14(4)16-13(3)17-8-9-19-16/h8-9,12,14-15,18H,5-7,10-11H2,1-4H3. The van der Waals surface area contributed by atoms with Crippen LogP contribution in [0.4, 0.5) is 0 Å². The SMILES string of the molecule is Cc1nccnc1C(C)N(CC(C)C)CC1CCCN1. The Morgan fingerprint density at radius 1 is 1.30 bits per heavy atom. The average molecular weight is 276 g/mol. The second-order valence-electron chi connectivity index (χ2n) is 6.34. The van der Waals surface area contributed by atoms with E-state index in [-0.39, 0.29) is 0 Å². The lowest BCUT2D eigenvalue weighted by Crippen LogP contribution is -2.41. The molecular weight excluding hydrogens is 248 g/mol. The topological polar surface area (TPSA) is 41.1 Å². The van der Waals surface area contributed by atoms with Gasteiger partial charge < -0.3 is 5.32 Å². The highest BCUT2D eigenvalue weighted by Gasteiger charge is 2.24. The Hall–Kier alpha value is -1.00. The highest BCUT2D eigenvalue weighted by Crippen LogP contribution is 2.22. The van der Waals surface area contributed by atoms with E-state index >= 15 is 0 Å². The molecule has 2 heterocycles. The zero-order valence-corrected chi connectivity index (χ0v) is 13.3. The van der Waals surface area contributed by atoms with Crippen LogP contribution in [0.25, 0.3) is 0 Å². The molecule has 2 unspecified atom stereocenters. The largest absolute Gasteiger partial charge is 0.313 e. The van der Waals surface area contributed by atoms with E-state index in [9.17, 15) is 0 Å². The quantitative estimate of drug-likeness (QED) is 0.867. The van der Waals surface area contributed by atoms with Gasteiger partial charge in [-0.15, -0.1) is 0 Å². The predicted molar refractivity (Wildman–Crippen MR) is 82.6 cm³/mol. The molecule has 0 bridgehead atoms. The van der Waals surface area contributed by atoms with Gasteiger partial charge in [-0.3, -0.25) is 14.9 Å². The number of aryl methyl sites for hydroxylation is 1. The minimum atomic E-state index is 0.327. The molecule has 4 heteroatoms. The fraction of sp³-hybridized carbons (Fsp3) is 0.750. The molecule has 1 fully saturated rings. The summed E-state index contributed by atoms with van der Waals surface area (Å²) < 4.78 is 0. The highest BCUT2D eigenvalue weighted by atomic mass is 15.2. The van der Waals surface area contributed by atoms with Crippen molar-refractivity contribution in [3.63, 3.8) is 0 Å². The second kappa shape index (κ2) is 7.14. The maximum Gasteiger partial charge on any atom is 0.0784 e. The van der Waals surface area contributed by atoms with Gasteiger partial charge in [0.25, 0.3) is 0 Å². The van der Waals surface area contributed by atoms with Gasteiger partial charge in [-0.2, -0.15) is 0 Å². The van der Waals surface area contributed by atoms with E-state index in [1.54, 1.807) is 12.4 Å². The second-order valence-corrected chi connectivity index (χ2v) is 6.34. The predicted octanol–water partition coefficient (Wildman–Crippen LogP) is 2.56. The van der Waals surface area contributed by atoms with E-state index < -0.39 is 0 Å². The van der Waals surface area contributed by atoms with Crippen molar-refractivity contribution in [3.8, 4) is 0 Å². The van der Waals surface area contributed by atoms with Gasteiger partial charge in [-0.1, -0.05) is 13.8 Å². The smallest absolute Gasteiger partial charge is 0.0784 e. The Kier molecular flexibility index (Phi) is 5.49. The van der Waals surface area contributed by atoms with Crippen LogP contribution in [0.1, 0.15) is 51.0 Å². The van der Waals surface area contributed by atoms with Crippen molar-refractivity contribution in [2.24, 2.45) is 5.92 Å². The lowest BCUT2D eigenvalue weighted by molar-refractivity contribution is 0.168. The fourth-order valence-electron chi connectivity index (χ4n) is 3.06. The highest BCUT2D eigenvalue weighted by molar-refractivity contribution is 5.13. The van der Waals surface area contributed by atoms with Crippen LogP contribution in [0.3, 0.4) is 0 Å². The van der Waals surface area contributed by atoms with E-state index in [0.717, 1.165) is 24.5 Å². The van der Waals surface area contributed by atoms with Crippen molar-refractivity contribution in [1.82, 2.24) is 20.2 Å². The zero-order chi connectivity index (χ0) is 14.5. The van der Waals surface area contributed by atoms with Crippen molar-refractivity contribution in [3.05, 3.63) is 23.8 Å². The van der Waals surface area contributed by atoms with Crippen LogP contribution >= 0.6 is 0 Å². The number of aromatic nitrogens is 2. The van der Waals surface area contributed by atoms with E-state index in [2.05, 4.69) is 47.9 Å². The summed E-state index contributed by atoms with van der Waals surface area (Å²) in [6.45, 7) is 12.3. The third-order valence-electron chi connectivity index (χ3n) is 4.08. The summed E-state index contributed by atoms with van der Waals surface area (Å²) in [5.74, 6) is 0.663. The van der Waals surface area contributed by atoms with Gasteiger partial charge in [0.2, 0.25) is 0 Å². The Morgan fingerprint density at radius 3 is 2.65 bits per heavy atom. The summed E-state index contributed by atoms with van der Waals surface area (Å²) in [4.78, 5) is 11.5. The van der Waals surface area contributed by atoms with Crippen molar-refractivity contribution in [2.45, 2.75) is 52.6 Å². The molecule has 1 aromatic heterocycles. The Labute approximate surface area is 123 Å². The molecule has 1 aliphatic heterocycles. The molecule has 4 nitrogen and oxygen atoms in total. The van der Waals surface area contributed by atoms with Crippen molar-refractivity contribution in [2.75, 3.05) is 19.6 Å². The van der Waals surface area contributed by atoms with Crippen LogP contribution in [0, 0.1) is 12.8 Å². The van der Waals surface area contributed by atoms with Crippen LogP contribution in [0.5, 0.6) is 0 Å². The summed E-state index contributed by atoms with van der Waals surface area (Å²) in [6, 6.07) is 0.960. The minimum Gasteiger partial charge on any atom is -0.313 e. The number of rotatable bonds is 6. The third-order valence-corrected chi connectivity index (χ3v) is 4.08. The third kappa shape index (κ3) is 4.00. The van der Waals surface area contributed by atoms with Crippen LogP contribution < -0.4 is 5.32 Å². The van der Waals surface area contributed by atoms with E-state index in [4.69, 9.17) is 0 Å². The first-order valence-corrected chi connectivity index (χ1v) is 7.83. The van der Waals surface area contributed by atoms with E-state index in [1.165, 1.54) is 19.4 Å². The number of hydrogen-bond donors (Lipinski definition) is 1. The van der Waals surface area contributed by atoms with Crippen LogP contribution in [-0.2, 0) is 0 Å². The molecule has 0 aromatic carbocycles. The summed E-state index contributed by atoms with van der Waals surface area (Å²) in [5, 5.41) is 3.60. The summed E-state index contributed by atoms with van der Waals surface area (Å²) in [5.41, 5.74) is 2.17. The van der Waals surface area contributed by atoms with Gasteiger partial charge in [-0.25, -0.2) is 0 Å². The van der Waals surface area contributed by atoms with Gasteiger partial charge in [0.05, 0.1) is 17.4 Å². The molecule has 0 radical (unpaired) electrons. The molecule has 1 saturated heterocycles. The van der Waals surface area contributed by atoms with Gasteiger partial charge in [0.15, 0.2) is 0 Å². The summed E-state index contributed by atoms with van der Waals surface area (Å²) in [7, 11) is 0. The molecule has 0 aliphatic carbocycles. The molecule has 1 aromatic rings. The van der Waals surface area contributed by atoms with Crippen LogP contribution in [0.2, 0.25) is 0 Å². The fourth-order valence-corrected chi connectivity index (χ4v) is 3.06. The van der Waals surface area contributed by atoms with E-state index in [0.29, 0.717) is 18.0 Å². The first kappa shape index (κ1) is 15.4. The van der Waals surface area contributed by atoms with Crippen molar-refractivity contribution in [1.29, 1.82) is 0 Å². The molecule has 1 N–H and O–H groups in total. The molecule has 0 saturated carbocycles. The number of nitrogens with one attached hydrogen (secondary N) is 1. The maximum atomic E-state index is 4.56.